The van der Waals surface area contributed by atoms with Crippen LogP contribution in [0.2, 0.25) is 0 Å². The van der Waals surface area contributed by atoms with E-state index in [-0.39, 0.29) is 0 Å². The molecule has 0 saturated heterocycles. The molecule has 0 bridgehead atoms. The Kier molecular flexibility index (Phi) is 20.3. The van der Waals surface area contributed by atoms with Crippen LogP contribution in [0.3, 0.4) is 0 Å². The minimum atomic E-state index is 0.644. The van der Waals surface area contributed by atoms with Gasteiger partial charge in [0.2, 0.25) is 0 Å². The summed E-state index contributed by atoms with van der Waals surface area (Å²) in [6.07, 6.45) is 36.5. The molecule has 0 radical (unpaired) electrons. The van der Waals surface area contributed by atoms with Gasteiger partial charge in [-0.25, -0.2) is 0 Å². The molecule has 0 aliphatic carbocycles. The molecule has 2 heteroatoms. The first-order valence-corrected chi connectivity index (χ1v) is 15.0. The average Bonchev–Trinajstić information content (AvgIpc) is 3.18. The van der Waals surface area contributed by atoms with Crippen LogP contribution in [0.1, 0.15) is 162 Å². The van der Waals surface area contributed by atoms with Gasteiger partial charge in [-0.3, -0.25) is 0 Å². The smallest absolute Gasteiger partial charge is 0.101 e. The van der Waals surface area contributed by atoms with E-state index in [1.54, 1.807) is 0 Å². The third-order valence-corrected chi connectivity index (χ3v) is 7.32. The summed E-state index contributed by atoms with van der Waals surface area (Å²) in [5.41, 5.74) is 0. The van der Waals surface area contributed by atoms with Crippen LogP contribution in [0.4, 0.5) is 0 Å². The molecule has 0 aromatic heterocycles. The highest BCUT2D eigenvalue weighted by Gasteiger charge is 2.24. The van der Waals surface area contributed by atoms with Gasteiger partial charge in [-0.2, -0.15) is 0 Å². The minimum Gasteiger partial charge on any atom is -0.356 e. The highest BCUT2D eigenvalue weighted by Crippen LogP contribution is 2.24. The van der Waals surface area contributed by atoms with Gasteiger partial charge in [0.1, 0.15) is 6.17 Å². The van der Waals surface area contributed by atoms with Crippen LogP contribution in [0, 0.1) is 0 Å². The lowest BCUT2D eigenvalue weighted by atomic mass is 10.0. The van der Waals surface area contributed by atoms with Gasteiger partial charge in [0.25, 0.3) is 0 Å². The van der Waals surface area contributed by atoms with Crippen molar-refractivity contribution in [3.8, 4) is 0 Å². The number of hydrogen-bond donors (Lipinski definition) is 0. The Morgan fingerprint density at radius 1 is 0.406 bits per heavy atom. The SMILES string of the molecule is CCCCCCCCCCCCC1N(CCCCCCC)C=CN1CCCCCCCC. The van der Waals surface area contributed by atoms with Crippen molar-refractivity contribution in [2.24, 2.45) is 0 Å². The van der Waals surface area contributed by atoms with E-state index in [1.807, 2.05) is 0 Å². The van der Waals surface area contributed by atoms with Crippen molar-refractivity contribution in [3.05, 3.63) is 12.4 Å². The summed E-state index contributed by atoms with van der Waals surface area (Å²) in [6, 6.07) is 0. The maximum Gasteiger partial charge on any atom is 0.101 e. The van der Waals surface area contributed by atoms with Gasteiger partial charge >= 0.3 is 0 Å². The topological polar surface area (TPSA) is 6.48 Å². The Balaban J connectivity index is 2.25. The van der Waals surface area contributed by atoms with Crippen LogP contribution in [0.25, 0.3) is 0 Å². The first-order chi connectivity index (χ1) is 15.8. The zero-order valence-electron chi connectivity index (χ0n) is 22.6. The molecule has 0 aromatic rings. The Morgan fingerprint density at radius 3 is 1.09 bits per heavy atom. The van der Waals surface area contributed by atoms with Crippen molar-refractivity contribution in [1.82, 2.24) is 9.80 Å². The van der Waals surface area contributed by atoms with E-state index in [0.717, 1.165) is 0 Å². The van der Waals surface area contributed by atoms with E-state index in [1.165, 1.54) is 154 Å². The van der Waals surface area contributed by atoms with E-state index in [9.17, 15) is 0 Å². The number of nitrogens with zero attached hydrogens (tertiary/aromatic N) is 2. The molecule has 2 nitrogen and oxygen atoms in total. The predicted octanol–water partition coefficient (Wildman–Crippen LogP) is 10.0. The van der Waals surface area contributed by atoms with Gasteiger partial charge in [-0.15, -0.1) is 0 Å². The molecule has 1 rings (SSSR count). The number of hydrogen-bond acceptors (Lipinski definition) is 2. The third kappa shape index (κ3) is 15.2. The summed E-state index contributed by atoms with van der Waals surface area (Å²) in [7, 11) is 0. The second kappa shape index (κ2) is 22.1. The van der Waals surface area contributed by atoms with Crippen LogP contribution in [0.5, 0.6) is 0 Å². The zero-order chi connectivity index (χ0) is 23.1. The van der Waals surface area contributed by atoms with Gasteiger partial charge < -0.3 is 9.80 Å². The molecule has 1 unspecified atom stereocenters. The van der Waals surface area contributed by atoms with Crippen LogP contribution < -0.4 is 0 Å². The Bertz CT molecular complexity index is 406. The van der Waals surface area contributed by atoms with Crippen molar-refractivity contribution < 1.29 is 0 Å². The summed E-state index contributed by atoms with van der Waals surface area (Å²) >= 11 is 0. The van der Waals surface area contributed by atoms with Gasteiger partial charge in [0.15, 0.2) is 0 Å². The minimum absolute atomic E-state index is 0.644. The molecule has 0 amide bonds. The third-order valence-electron chi connectivity index (χ3n) is 7.32. The first-order valence-electron chi connectivity index (χ1n) is 15.0. The summed E-state index contributed by atoms with van der Waals surface area (Å²) in [6.45, 7) is 9.45. The van der Waals surface area contributed by atoms with E-state index >= 15 is 0 Å². The largest absolute Gasteiger partial charge is 0.356 e. The molecule has 190 valence electrons. The Morgan fingerprint density at radius 2 is 0.719 bits per heavy atom. The maximum atomic E-state index is 2.68. The van der Waals surface area contributed by atoms with Crippen LogP contribution in [0.15, 0.2) is 12.4 Å². The molecule has 0 N–H and O–H groups in total. The van der Waals surface area contributed by atoms with Crippen LogP contribution >= 0.6 is 0 Å². The van der Waals surface area contributed by atoms with Gasteiger partial charge in [-0.05, 0) is 25.7 Å². The molecule has 0 saturated carbocycles. The second-order valence-corrected chi connectivity index (χ2v) is 10.4. The lowest BCUT2D eigenvalue weighted by molar-refractivity contribution is 0.135. The zero-order valence-corrected chi connectivity index (χ0v) is 22.6. The van der Waals surface area contributed by atoms with E-state index in [2.05, 4.69) is 43.0 Å². The summed E-state index contributed by atoms with van der Waals surface area (Å²) in [4.78, 5) is 5.36. The molecule has 0 aromatic carbocycles. The quantitative estimate of drug-likeness (QED) is 0.135. The molecule has 1 atom stereocenters. The van der Waals surface area contributed by atoms with Crippen molar-refractivity contribution in [2.75, 3.05) is 13.1 Å². The molecule has 1 aliphatic heterocycles. The monoisotopic (exact) mass is 448 g/mol. The number of rotatable bonds is 24. The van der Waals surface area contributed by atoms with Crippen molar-refractivity contribution in [1.29, 1.82) is 0 Å². The fraction of sp³-hybridized carbons (Fsp3) is 0.933. The molecule has 0 fully saturated rings. The van der Waals surface area contributed by atoms with E-state index in [4.69, 9.17) is 0 Å². The first kappa shape index (κ1) is 29.4. The fourth-order valence-corrected chi connectivity index (χ4v) is 5.13. The van der Waals surface area contributed by atoms with Gasteiger partial charge in [-0.1, -0.05) is 136 Å². The molecule has 0 spiro atoms. The standard InChI is InChI=1S/C30H60N2/c1-4-7-10-13-15-16-17-18-19-22-25-30-31(26-23-20-12-9-6-3)28-29-32(30)27-24-21-14-11-8-5-2/h28-30H,4-27H2,1-3H3. The molecule has 1 aliphatic rings. The van der Waals surface area contributed by atoms with Crippen LogP contribution in [-0.4, -0.2) is 29.1 Å². The second-order valence-electron chi connectivity index (χ2n) is 10.4. The lowest BCUT2D eigenvalue weighted by Gasteiger charge is -2.33. The predicted molar refractivity (Wildman–Crippen MR) is 145 cm³/mol. The molecular formula is C30H60N2. The van der Waals surface area contributed by atoms with Crippen LogP contribution in [-0.2, 0) is 0 Å². The summed E-state index contributed by atoms with van der Waals surface area (Å²) < 4.78 is 0. The highest BCUT2D eigenvalue weighted by atomic mass is 15.4. The maximum absolute atomic E-state index is 2.68. The van der Waals surface area contributed by atoms with Crippen molar-refractivity contribution >= 4 is 0 Å². The van der Waals surface area contributed by atoms with Gasteiger partial charge in [0.05, 0.1) is 0 Å². The van der Waals surface area contributed by atoms with E-state index < -0.39 is 0 Å². The average molecular weight is 449 g/mol. The molecule has 32 heavy (non-hydrogen) atoms. The summed E-state index contributed by atoms with van der Waals surface area (Å²) in [5.74, 6) is 0. The molecule has 1 heterocycles. The highest BCUT2D eigenvalue weighted by molar-refractivity contribution is 4.97. The van der Waals surface area contributed by atoms with E-state index in [0.29, 0.717) is 6.17 Å². The number of unbranched alkanes of at least 4 members (excludes halogenated alkanes) is 18. The van der Waals surface area contributed by atoms with Crippen molar-refractivity contribution in [3.63, 3.8) is 0 Å². The lowest BCUT2D eigenvalue weighted by Crippen LogP contribution is -2.39. The fourth-order valence-electron chi connectivity index (χ4n) is 5.13. The Hall–Kier alpha value is -0.660. The Labute approximate surface area is 203 Å². The molecular weight excluding hydrogens is 388 g/mol. The summed E-state index contributed by atoms with van der Waals surface area (Å²) in [5, 5.41) is 0. The van der Waals surface area contributed by atoms with Crippen molar-refractivity contribution in [2.45, 2.75) is 168 Å². The van der Waals surface area contributed by atoms with Gasteiger partial charge in [0, 0.05) is 25.5 Å². The normalized spacial score (nSPS) is 15.9.